The Balaban J connectivity index is 0.00000441. The molecule has 1 atom stereocenters. The van der Waals surface area contributed by atoms with Gasteiger partial charge >= 0.3 is 0 Å². The Hall–Kier alpha value is -0.540. The summed E-state index contributed by atoms with van der Waals surface area (Å²) in [7, 11) is 3.46. The molecule has 0 bridgehead atoms. The number of benzene rings is 1. The van der Waals surface area contributed by atoms with Gasteiger partial charge in [-0.1, -0.05) is 12.1 Å². The molecule has 126 valence electrons. The van der Waals surface area contributed by atoms with E-state index in [2.05, 4.69) is 31.6 Å². The Morgan fingerprint density at radius 2 is 2.05 bits per heavy atom. The quantitative estimate of drug-likeness (QED) is 0.257. The van der Waals surface area contributed by atoms with Gasteiger partial charge in [-0.05, 0) is 41.4 Å². The summed E-state index contributed by atoms with van der Waals surface area (Å²) < 4.78 is 11.8. The van der Waals surface area contributed by atoms with E-state index in [0.29, 0.717) is 6.54 Å². The molecule has 1 rings (SSSR count). The molecule has 0 aromatic heterocycles. The standard InChI is InChI=1S/C15H24BrN3O2.HI/c1-12(21-14-8-5-4-7-13(14)16)11-19-15(17-2)18-9-6-10-20-3;/h4-5,7-8,12H,6,9-11H2,1-3H3,(H2,17,18,19);1H. The predicted octanol–water partition coefficient (Wildman–Crippen LogP) is 3.04. The highest BCUT2D eigenvalue weighted by Gasteiger charge is 2.07. The number of halogens is 2. The van der Waals surface area contributed by atoms with Gasteiger partial charge in [-0.25, -0.2) is 0 Å². The number of ether oxygens (including phenoxy) is 2. The van der Waals surface area contributed by atoms with Crippen molar-refractivity contribution in [2.24, 2.45) is 4.99 Å². The second-order valence-electron chi connectivity index (χ2n) is 4.59. The fraction of sp³-hybridized carbons (Fsp3) is 0.533. The van der Waals surface area contributed by atoms with E-state index in [1.807, 2.05) is 31.2 Å². The molecule has 5 nitrogen and oxygen atoms in total. The Bertz CT molecular complexity index is 447. The third kappa shape index (κ3) is 8.79. The molecule has 0 spiro atoms. The molecule has 22 heavy (non-hydrogen) atoms. The van der Waals surface area contributed by atoms with Crippen molar-refractivity contribution in [2.45, 2.75) is 19.4 Å². The van der Waals surface area contributed by atoms with Gasteiger partial charge in [-0.15, -0.1) is 24.0 Å². The maximum absolute atomic E-state index is 5.87. The topological polar surface area (TPSA) is 54.9 Å². The highest BCUT2D eigenvalue weighted by atomic mass is 127. The SMILES string of the molecule is CN=C(NCCCOC)NCC(C)Oc1ccccc1Br.I. The maximum atomic E-state index is 5.87. The fourth-order valence-corrected chi connectivity index (χ4v) is 2.06. The van der Waals surface area contributed by atoms with Crippen LogP contribution in [0, 0.1) is 0 Å². The summed E-state index contributed by atoms with van der Waals surface area (Å²) in [6.07, 6.45) is 0.974. The molecular formula is C15H25BrIN3O2. The summed E-state index contributed by atoms with van der Waals surface area (Å²) in [6.45, 7) is 4.26. The van der Waals surface area contributed by atoms with Crippen LogP contribution in [-0.2, 0) is 4.74 Å². The lowest BCUT2D eigenvalue weighted by Gasteiger charge is -2.18. The van der Waals surface area contributed by atoms with Gasteiger partial charge in [0.15, 0.2) is 5.96 Å². The molecule has 0 amide bonds. The van der Waals surface area contributed by atoms with Crippen molar-refractivity contribution in [3.05, 3.63) is 28.7 Å². The average molecular weight is 486 g/mol. The Morgan fingerprint density at radius 1 is 1.32 bits per heavy atom. The summed E-state index contributed by atoms with van der Waals surface area (Å²) in [4.78, 5) is 4.17. The average Bonchev–Trinajstić information content (AvgIpc) is 2.49. The van der Waals surface area contributed by atoms with Crippen molar-refractivity contribution in [3.63, 3.8) is 0 Å². The lowest BCUT2D eigenvalue weighted by Crippen LogP contribution is -2.42. The van der Waals surface area contributed by atoms with Crippen LogP contribution in [0.4, 0.5) is 0 Å². The molecule has 7 heteroatoms. The van der Waals surface area contributed by atoms with Gasteiger partial charge < -0.3 is 20.1 Å². The molecule has 0 heterocycles. The number of nitrogens with one attached hydrogen (secondary N) is 2. The molecule has 1 aromatic rings. The molecule has 0 saturated heterocycles. The maximum Gasteiger partial charge on any atom is 0.191 e. The van der Waals surface area contributed by atoms with Crippen molar-refractivity contribution < 1.29 is 9.47 Å². The van der Waals surface area contributed by atoms with Gasteiger partial charge in [0.05, 0.1) is 11.0 Å². The Kier molecular flexibility index (Phi) is 12.6. The van der Waals surface area contributed by atoms with E-state index < -0.39 is 0 Å². The zero-order chi connectivity index (χ0) is 15.5. The Labute approximate surface area is 158 Å². The molecule has 0 aliphatic rings. The van der Waals surface area contributed by atoms with Gasteiger partial charge in [0.2, 0.25) is 0 Å². The van der Waals surface area contributed by atoms with Crippen LogP contribution in [0.3, 0.4) is 0 Å². The largest absolute Gasteiger partial charge is 0.488 e. The van der Waals surface area contributed by atoms with E-state index in [9.17, 15) is 0 Å². The molecule has 0 aliphatic carbocycles. The van der Waals surface area contributed by atoms with Gasteiger partial charge in [0.1, 0.15) is 11.9 Å². The van der Waals surface area contributed by atoms with Gasteiger partial charge in [-0.2, -0.15) is 0 Å². The molecule has 0 fully saturated rings. The van der Waals surface area contributed by atoms with Crippen LogP contribution in [0.1, 0.15) is 13.3 Å². The minimum Gasteiger partial charge on any atom is -0.488 e. The summed E-state index contributed by atoms with van der Waals surface area (Å²) in [5.41, 5.74) is 0. The van der Waals surface area contributed by atoms with Crippen LogP contribution in [-0.4, -0.2) is 45.9 Å². The lowest BCUT2D eigenvalue weighted by atomic mass is 10.3. The number of aliphatic imine (C=N–C) groups is 1. The smallest absolute Gasteiger partial charge is 0.191 e. The van der Waals surface area contributed by atoms with Crippen LogP contribution in [0.15, 0.2) is 33.7 Å². The summed E-state index contributed by atoms with van der Waals surface area (Å²) in [5, 5.41) is 6.47. The number of hydrogen-bond donors (Lipinski definition) is 2. The van der Waals surface area contributed by atoms with Crippen LogP contribution in [0.2, 0.25) is 0 Å². The van der Waals surface area contributed by atoms with Crippen LogP contribution in [0.25, 0.3) is 0 Å². The van der Waals surface area contributed by atoms with Crippen LogP contribution < -0.4 is 15.4 Å². The first kappa shape index (κ1) is 21.5. The number of hydrogen-bond acceptors (Lipinski definition) is 3. The normalized spacial score (nSPS) is 12.3. The second kappa shape index (κ2) is 13.0. The second-order valence-corrected chi connectivity index (χ2v) is 5.44. The van der Waals surface area contributed by atoms with E-state index in [0.717, 1.165) is 35.8 Å². The van der Waals surface area contributed by atoms with Crippen molar-refractivity contribution in [2.75, 3.05) is 33.9 Å². The van der Waals surface area contributed by atoms with E-state index in [1.165, 1.54) is 0 Å². The first-order valence-electron chi connectivity index (χ1n) is 7.02. The predicted molar refractivity (Wildman–Crippen MR) is 106 cm³/mol. The third-order valence-corrected chi connectivity index (χ3v) is 3.42. The molecule has 1 unspecified atom stereocenters. The number of methoxy groups -OCH3 is 1. The lowest BCUT2D eigenvalue weighted by molar-refractivity contribution is 0.195. The van der Waals surface area contributed by atoms with Gasteiger partial charge in [-0.3, -0.25) is 4.99 Å². The molecule has 0 radical (unpaired) electrons. The first-order chi connectivity index (χ1) is 10.2. The first-order valence-corrected chi connectivity index (χ1v) is 7.81. The minimum absolute atomic E-state index is 0. The fourth-order valence-electron chi connectivity index (χ4n) is 1.68. The van der Waals surface area contributed by atoms with Crippen molar-refractivity contribution >= 4 is 45.9 Å². The molecule has 2 N–H and O–H groups in total. The zero-order valence-corrected chi connectivity index (χ0v) is 17.2. The monoisotopic (exact) mass is 485 g/mol. The molecule has 0 saturated carbocycles. The number of para-hydroxylation sites is 1. The molecule has 1 aromatic carbocycles. The van der Waals surface area contributed by atoms with Gasteiger partial charge in [0, 0.05) is 27.3 Å². The zero-order valence-electron chi connectivity index (χ0n) is 13.3. The molecular weight excluding hydrogens is 461 g/mol. The van der Waals surface area contributed by atoms with E-state index >= 15 is 0 Å². The minimum atomic E-state index is 0. The van der Waals surface area contributed by atoms with Crippen LogP contribution >= 0.6 is 39.9 Å². The summed E-state index contributed by atoms with van der Waals surface area (Å²) in [6, 6.07) is 7.83. The third-order valence-electron chi connectivity index (χ3n) is 2.76. The number of guanidine groups is 1. The highest BCUT2D eigenvalue weighted by Crippen LogP contribution is 2.24. The van der Waals surface area contributed by atoms with E-state index in [-0.39, 0.29) is 30.1 Å². The highest BCUT2D eigenvalue weighted by molar-refractivity contribution is 14.0. The number of rotatable bonds is 8. The van der Waals surface area contributed by atoms with Crippen molar-refractivity contribution in [1.82, 2.24) is 10.6 Å². The number of nitrogens with zero attached hydrogens (tertiary/aromatic N) is 1. The van der Waals surface area contributed by atoms with Crippen molar-refractivity contribution in [1.29, 1.82) is 0 Å². The molecule has 0 aliphatic heterocycles. The Morgan fingerprint density at radius 3 is 2.68 bits per heavy atom. The van der Waals surface area contributed by atoms with E-state index in [4.69, 9.17) is 9.47 Å². The van der Waals surface area contributed by atoms with Crippen LogP contribution in [0.5, 0.6) is 5.75 Å². The van der Waals surface area contributed by atoms with Gasteiger partial charge in [0.25, 0.3) is 0 Å². The summed E-state index contributed by atoms with van der Waals surface area (Å²) >= 11 is 3.47. The van der Waals surface area contributed by atoms with E-state index in [1.54, 1.807) is 14.2 Å². The summed E-state index contributed by atoms with van der Waals surface area (Å²) in [5.74, 6) is 1.61. The van der Waals surface area contributed by atoms with Crippen molar-refractivity contribution in [3.8, 4) is 5.75 Å².